The predicted octanol–water partition coefficient (Wildman–Crippen LogP) is 5.76. The Balaban J connectivity index is 3.10. The molecule has 0 aromatic carbocycles. The zero-order valence-electron chi connectivity index (χ0n) is 14.1. The Morgan fingerprint density at radius 3 is 2.38 bits per heavy atom. The molecule has 0 rings (SSSR count). The number of thioether (sulfide) groups is 1. The molecule has 0 aromatic heterocycles. The Kier molecular flexibility index (Phi) is 17.2. The molecule has 0 N–H and O–H groups in total. The summed E-state index contributed by atoms with van der Waals surface area (Å²) in [6.07, 6.45) is 17.6. The molecule has 124 valence electrons. The van der Waals surface area contributed by atoms with Gasteiger partial charge in [-0.2, -0.15) is 11.8 Å². The van der Waals surface area contributed by atoms with Gasteiger partial charge in [-0.3, -0.25) is 4.79 Å². The molecule has 0 radical (unpaired) electrons. The number of ether oxygens (including phenoxy) is 1. The molecule has 0 aromatic rings. The van der Waals surface area contributed by atoms with Gasteiger partial charge < -0.3 is 4.74 Å². The van der Waals surface area contributed by atoms with Crippen LogP contribution in [0.2, 0.25) is 0 Å². The number of methoxy groups -OCH3 is 1. The Morgan fingerprint density at radius 1 is 0.905 bits per heavy atom. The van der Waals surface area contributed by atoms with E-state index in [0.717, 1.165) is 12.8 Å². The third-order valence-corrected chi connectivity index (χ3v) is 4.57. The van der Waals surface area contributed by atoms with Gasteiger partial charge in [0.1, 0.15) is 0 Å². The summed E-state index contributed by atoms with van der Waals surface area (Å²) in [6, 6.07) is 0. The standard InChI is InChI=1S/C18H34O2S/c1-3-4-13-16-21-17-14-11-9-7-5-6-8-10-12-15-18(19)20-2/h9,11H,3-8,10,12-17H2,1-2H3. The molecule has 3 heteroatoms. The molecule has 0 atom stereocenters. The highest BCUT2D eigenvalue weighted by molar-refractivity contribution is 7.99. The topological polar surface area (TPSA) is 26.3 Å². The number of esters is 1. The molecule has 0 aliphatic carbocycles. The third kappa shape index (κ3) is 17.5. The van der Waals surface area contributed by atoms with Gasteiger partial charge in [0.2, 0.25) is 0 Å². The van der Waals surface area contributed by atoms with E-state index < -0.39 is 0 Å². The molecule has 0 bridgehead atoms. The molecule has 0 aliphatic heterocycles. The first kappa shape index (κ1) is 20.6. The van der Waals surface area contributed by atoms with Gasteiger partial charge in [-0.25, -0.2) is 0 Å². The number of hydrogen-bond acceptors (Lipinski definition) is 3. The van der Waals surface area contributed by atoms with Crippen molar-refractivity contribution >= 4 is 17.7 Å². The van der Waals surface area contributed by atoms with E-state index in [0.29, 0.717) is 6.42 Å². The van der Waals surface area contributed by atoms with Crippen molar-refractivity contribution < 1.29 is 9.53 Å². The smallest absolute Gasteiger partial charge is 0.305 e. The third-order valence-electron chi connectivity index (χ3n) is 3.47. The molecule has 0 amide bonds. The van der Waals surface area contributed by atoms with Crippen molar-refractivity contribution in [1.82, 2.24) is 0 Å². The second-order valence-electron chi connectivity index (χ2n) is 5.46. The Morgan fingerprint density at radius 2 is 1.62 bits per heavy atom. The summed E-state index contributed by atoms with van der Waals surface area (Å²) in [7, 11) is 1.46. The molecule has 0 saturated heterocycles. The van der Waals surface area contributed by atoms with Crippen LogP contribution in [0.4, 0.5) is 0 Å². The fourth-order valence-electron chi connectivity index (χ4n) is 2.11. The van der Waals surface area contributed by atoms with Crippen LogP contribution in [0.15, 0.2) is 12.2 Å². The van der Waals surface area contributed by atoms with Gasteiger partial charge in [-0.1, -0.05) is 51.2 Å². The lowest BCUT2D eigenvalue weighted by Gasteiger charge is -2.00. The number of carbonyl (C=O) groups is 1. The van der Waals surface area contributed by atoms with Crippen molar-refractivity contribution in [3.05, 3.63) is 12.2 Å². The van der Waals surface area contributed by atoms with Crippen molar-refractivity contribution in [1.29, 1.82) is 0 Å². The van der Waals surface area contributed by atoms with Crippen LogP contribution in [0.1, 0.15) is 77.6 Å². The average Bonchev–Trinajstić information content (AvgIpc) is 2.50. The van der Waals surface area contributed by atoms with Crippen molar-refractivity contribution in [3.63, 3.8) is 0 Å². The second-order valence-corrected chi connectivity index (χ2v) is 6.69. The first-order chi connectivity index (χ1) is 10.3. The van der Waals surface area contributed by atoms with Crippen LogP contribution in [-0.4, -0.2) is 24.6 Å². The number of hydrogen-bond donors (Lipinski definition) is 0. The highest BCUT2D eigenvalue weighted by atomic mass is 32.2. The average molecular weight is 315 g/mol. The van der Waals surface area contributed by atoms with Gasteiger partial charge in [0.05, 0.1) is 7.11 Å². The fraction of sp³-hybridized carbons (Fsp3) is 0.833. The van der Waals surface area contributed by atoms with Crippen molar-refractivity contribution in [2.24, 2.45) is 0 Å². The zero-order chi connectivity index (χ0) is 15.6. The summed E-state index contributed by atoms with van der Waals surface area (Å²) >= 11 is 2.09. The second kappa shape index (κ2) is 17.6. The summed E-state index contributed by atoms with van der Waals surface area (Å²) in [5.41, 5.74) is 0. The molecule has 21 heavy (non-hydrogen) atoms. The lowest BCUT2D eigenvalue weighted by atomic mass is 10.1. The van der Waals surface area contributed by atoms with E-state index in [2.05, 4.69) is 35.6 Å². The van der Waals surface area contributed by atoms with Gasteiger partial charge in [0.25, 0.3) is 0 Å². The molecule has 2 nitrogen and oxygen atoms in total. The molecular weight excluding hydrogens is 280 g/mol. The van der Waals surface area contributed by atoms with E-state index in [1.165, 1.54) is 70.0 Å². The van der Waals surface area contributed by atoms with Gasteiger partial charge >= 0.3 is 5.97 Å². The quantitative estimate of drug-likeness (QED) is 0.218. The predicted molar refractivity (Wildman–Crippen MR) is 94.9 cm³/mol. The number of unbranched alkanes of at least 4 members (excludes halogenated alkanes) is 7. The first-order valence-corrected chi connectivity index (χ1v) is 9.76. The van der Waals surface area contributed by atoms with Gasteiger partial charge in [-0.15, -0.1) is 0 Å². The summed E-state index contributed by atoms with van der Waals surface area (Å²) < 4.78 is 4.62. The van der Waals surface area contributed by atoms with Crippen LogP contribution in [0.5, 0.6) is 0 Å². The maximum absolute atomic E-state index is 10.9. The lowest BCUT2D eigenvalue weighted by Crippen LogP contribution is -1.98. The van der Waals surface area contributed by atoms with E-state index in [-0.39, 0.29) is 5.97 Å². The fourth-order valence-corrected chi connectivity index (χ4v) is 3.02. The molecule has 0 saturated carbocycles. The first-order valence-electron chi connectivity index (χ1n) is 8.60. The summed E-state index contributed by atoms with van der Waals surface area (Å²) in [5.74, 6) is 2.52. The maximum atomic E-state index is 10.9. The summed E-state index contributed by atoms with van der Waals surface area (Å²) in [6.45, 7) is 2.26. The molecule has 0 aliphatic rings. The van der Waals surface area contributed by atoms with E-state index in [1.807, 2.05) is 0 Å². The Bertz CT molecular complexity index is 252. The van der Waals surface area contributed by atoms with Gasteiger partial charge in [0.15, 0.2) is 0 Å². The van der Waals surface area contributed by atoms with Crippen molar-refractivity contribution in [2.75, 3.05) is 18.6 Å². The van der Waals surface area contributed by atoms with Crippen LogP contribution in [0.25, 0.3) is 0 Å². The highest BCUT2D eigenvalue weighted by Crippen LogP contribution is 2.10. The molecule has 0 unspecified atom stereocenters. The van der Waals surface area contributed by atoms with Gasteiger partial charge in [-0.05, 0) is 43.6 Å². The van der Waals surface area contributed by atoms with Gasteiger partial charge in [0, 0.05) is 6.42 Å². The highest BCUT2D eigenvalue weighted by Gasteiger charge is 1.98. The number of carbonyl (C=O) groups excluding carboxylic acids is 1. The molecule has 0 fully saturated rings. The maximum Gasteiger partial charge on any atom is 0.305 e. The van der Waals surface area contributed by atoms with Crippen LogP contribution in [0.3, 0.4) is 0 Å². The van der Waals surface area contributed by atoms with Crippen LogP contribution < -0.4 is 0 Å². The number of allylic oxidation sites excluding steroid dienone is 2. The Labute approximate surface area is 136 Å². The normalized spacial score (nSPS) is 11.1. The summed E-state index contributed by atoms with van der Waals surface area (Å²) in [4.78, 5) is 10.9. The SMILES string of the molecule is CCCCCSCCC=CCCCCCCCC(=O)OC. The molecular formula is C18H34O2S. The van der Waals surface area contributed by atoms with Crippen molar-refractivity contribution in [3.8, 4) is 0 Å². The van der Waals surface area contributed by atoms with E-state index in [4.69, 9.17) is 0 Å². The summed E-state index contributed by atoms with van der Waals surface area (Å²) in [5, 5.41) is 0. The molecule has 0 heterocycles. The zero-order valence-corrected chi connectivity index (χ0v) is 14.9. The minimum atomic E-state index is -0.0782. The van der Waals surface area contributed by atoms with Crippen LogP contribution in [-0.2, 0) is 9.53 Å². The van der Waals surface area contributed by atoms with E-state index in [9.17, 15) is 4.79 Å². The number of rotatable bonds is 15. The van der Waals surface area contributed by atoms with Crippen molar-refractivity contribution in [2.45, 2.75) is 77.6 Å². The van der Waals surface area contributed by atoms with Crippen LogP contribution in [0, 0.1) is 0 Å². The lowest BCUT2D eigenvalue weighted by molar-refractivity contribution is -0.140. The largest absolute Gasteiger partial charge is 0.469 e. The van der Waals surface area contributed by atoms with Crippen LogP contribution >= 0.6 is 11.8 Å². The minimum Gasteiger partial charge on any atom is -0.469 e. The van der Waals surface area contributed by atoms with E-state index >= 15 is 0 Å². The Hall–Kier alpha value is -0.440. The van der Waals surface area contributed by atoms with E-state index in [1.54, 1.807) is 0 Å². The molecule has 0 spiro atoms. The minimum absolute atomic E-state index is 0.0782. The monoisotopic (exact) mass is 314 g/mol.